The van der Waals surface area contributed by atoms with Crippen LogP contribution in [0.4, 0.5) is 4.39 Å². The lowest BCUT2D eigenvalue weighted by Gasteiger charge is -2.38. The SMILES string of the molecule is NC1(CNCCOc2ccc(F)cc2Cl)CCC1. The molecule has 1 aromatic rings. The molecule has 0 radical (unpaired) electrons. The van der Waals surface area contributed by atoms with Crippen LogP contribution in [0.2, 0.25) is 5.02 Å². The molecule has 0 saturated heterocycles. The molecule has 0 aliphatic heterocycles. The van der Waals surface area contributed by atoms with Crippen LogP contribution in [-0.4, -0.2) is 25.2 Å². The highest BCUT2D eigenvalue weighted by atomic mass is 35.5. The molecule has 18 heavy (non-hydrogen) atoms. The highest BCUT2D eigenvalue weighted by Crippen LogP contribution is 2.28. The van der Waals surface area contributed by atoms with Crippen LogP contribution in [0.15, 0.2) is 18.2 Å². The Morgan fingerprint density at radius 1 is 1.44 bits per heavy atom. The highest BCUT2D eigenvalue weighted by molar-refractivity contribution is 6.32. The number of ether oxygens (including phenoxy) is 1. The first-order chi connectivity index (χ1) is 8.59. The third-order valence-electron chi connectivity index (χ3n) is 3.26. The second-order valence-corrected chi connectivity index (χ2v) is 5.22. The molecule has 0 aromatic heterocycles. The highest BCUT2D eigenvalue weighted by Gasteiger charge is 2.31. The van der Waals surface area contributed by atoms with Crippen LogP contribution in [0, 0.1) is 5.82 Å². The molecule has 2 rings (SSSR count). The largest absolute Gasteiger partial charge is 0.491 e. The Bertz CT molecular complexity index is 410. The summed E-state index contributed by atoms with van der Waals surface area (Å²) >= 11 is 5.84. The number of halogens is 2. The Morgan fingerprint density at radius 2 is 2.22 bits per heavy atom. The summed E-state index contributed by atoms with van der Waals surface area (Å²) in [7, 11) is 0. The number of rotatable bonds is 6. The molecule has 100 valence electrons. The Hall–Kier alpha value is -0.840. The molecule has 0 spiro atoms. The lowest BCUT2D eigenvalue weighted by molar-refractivity contribution is 0.230. The van der Waals surface area contributed by atoms with Crippen LogP contribution in [0.1, 0.15) is 19.3 Å². The number of nitrogens with two attached hydrogens (primary N) is 1. The number of nitrogens with one attached hydrogen (secondary N) is 1. The molecular weight excluding hydrogens is 255 g/mol. The van der Waals surface area contributed by atoms with E-state index in [1.807, 2.05) is 0 Å². The topological polar surface area (TPSA) is 47.3 Å². The maximum atomic E-state index is 12.8. The van der Waals surface area contributed by atoms with Crippen molar-refractivity contribution in [2.24, 2.45) is 5.73 Å². The van der Waals surface area contributed by atoms with Crippen molar-refractivity contribution in [3.8, 4) is 5.75 Å². The zero-order valence-electron chi connectivity index (χ0n) is 10.2. The van der Waals surface area contributed by atoms with E-state index in [2.05, 4.69) is 5.32 Å². The van der Waals surface area contributed by atoms with E-state index in [0.29, 0.717) is 23.9 Å². The molecule has 0 heterocycles. The lowest BCUT2D eigenvalue weighted by atomic mass is 9.78. The quantitative estimate of drug-likeness (QED) is 0.782. The summed E-state index contributed by atoms with van der Waals surface area (Å²) in [4.78, 5) is 0. The normalized spacial score (nSPS) is 17.3. The van der Waals surface area contributed by atoms with Gasteiger partial charge in [-0.15, -0.1) is 0 Å². The standard InChI is InChI=1S/C13H18ClFN2O/c14-11-8-10(15)2-3-12(11)18-7-6-17-9-13(16)4-1-5-13/h2-3,8,17H,1,4-7,9,16H2. The van der Waals surface area contributed by atoms with E-state index in [0.717, 1.165) is 19.4 Å². The van der Waals surface area contributed by atoms with Gasteiger partial charge in [-0.25, -0.2) is 4.39 Å². The van der Waals surface area contributed by atoms with E-state index in [9.17, 15) is 4.39 Å². The fourth-order valence-corrected chi connectivity index (χ4v) is 2.19. The van der Waals surface area contributed by atoms with Gasteiger partial charge in [0.05, 0.1) is 5.02 Å². The van der Waals surface area contributed by atoms with Gasteiger partial charge < -0.3 is 15.8 Å². The maximum Gasteiger partial charge on any atom is 0.138 e. The second kappa shape index (κ2) is 5.87. The Labute approximate surface area is 111 Å². The Morgan fingerprint density at radius 3 is 2.83 bits per heavy atom. The molecule has 3 N–H and O–H groups in total. The van der Waals surface area contributed by atoms with E-state index in [1.165, 1.54) is 24.6 Å². The third kappa shape index (κ3) is 3.57. The average Bonchev–Trinajstić information content (AvgIpc) is 2.29. The van der Waals surface area contributed by atoms with Crippen molar-refractivity contribution in [2.75, 3.05) is 19.7 Å². The molecule has 0 amide bonds. The van der Waals surface area contributed by atoms with Gasteiger partial charge in [-0.05, 0) is 37.5 Å². The first-order valence-electron chi connectivity index (χ1n) is 6.17. The molecule has 1 saturated carbocycles. The fraction of sp³-hybridized carbons (Fsp3) is 0.538. The molecule has 1 aromatic carbocycles. The minimum Gasteiger partial charge on any atom is -0.491 e. The van der Waals surface area contributed by atoms with Crippen molar-refractivity contribution >= 4 is 11.6 Å². The zero-order valence-corrected chi connectivity index (χ0v) is 11.0. The van der Waals surface area contributed by atoms with Gasteiger partial charge in [0.2, 0.25) is 0 Å². The molecule has 3 nitrogen and oxygen atoms in total. The summed E-state index contributed by atoms with van der Waals surface area (Å²) in [5.74, 6) is 0.145. The fourth-order valence-electron chi connectivity index (χ4n) is 1.97. The van der Waals surface area contributed by atoms with Crippen LogP contribution >= 0.6 is 11.6 Å². The monoisotopic (exact) mass is 272 g/mol. The molecule has 0 unspecified atom stereocenters. The van der Waals surface area contributed by atoms with E-state index in [-0.39, 0.29) is 11.4 Å². The van der Waals surface area contributed by atoms with Crippen molar-refractivity contribution in [3.63, 3.8) is 0 Å². The van der Waals surface area contributed by atoms with Crippen molar-refractivity contribution in [1.82, 2.24) is 5.32 Å². The summed E-state index contributed by atoms with van der Waals surface area (Å²) in [6.45, 7) is 2.00. The number of hydrogen-bond acceptors (Lipinski definition) is 3. The van der Waals surface area contributed by atoms with Crippen molar-refractivity contribution < 1.29 is 9.13 Å². The molecular formula is C13H18ClFN2O. The number of hydrogen-bond donors (Lipinski definition) is 2. The van der Waals surface area contributed by atoms with Gasteiger partial charge in [-0.3, -0.25) is 0 Å². The zero-order chi connectivity index (χ0) is 13.0. The van der Waals surface area contributed by atoms with Gasteiger partial charge in [-0.1, -0.05) is 11.6 Å². The van der Waals surface area contributed by atoms with Gasteiger partial charge in [0, 0.05) is 18.6 Å². The summed E-state index contributed by atoms with van der Waals surface area (Å²) in [6.07, 6.45) is 3.40. The Balaban J connectivity index is 1.65. The summed E-state index contributed by atoms with van der Waals surface area (Å²) in [6, 6.07) is 4.11. The third-order valence-corrected chi connectivity index (χ3v) is 3.55. The number of benzene rings is 1. The molecule has 1 aliphatic rings. The van der Waals surface area contributed by atoms with Crippen molar-refractivity contribution in [2.45, 2.75) is 24.8 Å². The first-order valence-corrected chi connectivity index (χ1v) is 6.54. The summed E-state index contributed by atoms with van der Waals surface area (Å²) in [5.41, 5.74) is 6.05. The first kappa shape index (κ1) is 13.6. The van der Waals surface area contributed by atoms with Gasteiger partial charge in [0.25, 0.3) is 0 Å². The van der Waals surface area contributed by atoms with Gasteiger partial charge >= 0.3 is 0 Å². The second-order valence-electron chi connectivity index (χ2n) is 4.82. The van der Waals surface area contributed by atoms with Crippen molar-refractivity contribution in [1.29, 1.82) is 0 Å². The van der Waals surface area contributed by atoms with Crippen LogP contribution in [0.25, 0.3) is 0 Å². The van der Waals surface area contributed by atoms with Gasteiger partial charge in [0.1, 0.15) is 18.2 Å². The van der Waals surface area contributed by atoms with E-state index in [4.69, 9.17) is 22.1 Å². The van der Waals surface area contributed by atoms with Crippen LogP contribution in [0.5, 0.6) is 5.75 Å². The van der Waals surface area contributed by atoms with E-state index in [1.54, 1.807) is 0 Å². The molecule has 0 bridgehead atoms. The Kier molecular flexibility index (Phi) is 4.43. The van der Waals surface area contributed by atoms with Crippen molar-refractivity contribution in [3.05, 3.63) is 29.0 Å². The van der Waals surface area contributed by atoms with Crippen LogP contribution < -0.4 is 15.8 Å². The smallest absolute Gasteiger partial charge is 0.138 e. The molecule has 5 heteroatoms. The minimum atomic E-state index is -0.361. The van der Waals surface area contributed by atoms with Gasteiger partial charge in [-0.2, -0.15) is 0 Å². The maximum absolute atomic E-state index is 12.8. The predicted molar refractivity (Wildman–Crippen MR) is 70.5 cm³/mol. The molecule has 1 fully saturated rings. The van der Waals surface area contributed by atoms with E-state index < -0.39 is 0 Å². The van der Waals surface area contributed by atoms with E-state index >= 15 is 0 Å². The molecule has 1 aliphatic carbocycles. The lowest BCUT2D eigenvalue weighted by Crippen LogP contribution is -2.54. The van der Waals surface area contributed by atoms with Crippen LogP contribution in [0.3, 0.4) is 0 Å². The molecule has 0 atom stereocenters. The minimum absolute atomic E-state index is 0.0203. The predicted octanol–water partition coefficient (Wildman–Crippen LogP) is 2.33. The summed E-state index contributed by atoms with van der Waals surface area (Å²) in [5, 5.41) is 3.56. The summed E-state index contributed by atoms with van der Waals surface area (Å²) < 4.78 is 18.3. The van der Waals surface area contributed by atoms with Crippen LogP contribution in [-0.2, 0) is 0 Å². The average molecular weight is 273 g/mol. The van der Waals surface area contributed by atoms with Gasteiger partial charge in [0.15, 0.2) is 0 Å².